The van der Waals surface area contributed by atoms with E-state index in [1.54, 1.807) is 0 Å². The van der Waals surface area contributed by atoms with E-state index in [-0.39, 0.29) is 0 Å². The van der Waals surface area contributed by atoms with Crippen LogP contribution in [0.5, 0.6) is 5.88 Å². The van der Waals surface area contributed by atoms with Crippen LogP contribution in [0, 0.1) is 0 Å². The summed E-state index contributed by atoms with van der Waals surface area (Å²) in [6, 6.07) is 19.9. The molecule has 0 unspecified atom stereocenters. The highest BCUT2D eigenvalue weighted by atomic mass is 27.0. The number of hydrogen-bond donors (Lipinski definition) is 0. The van der Waals surface area contributed by atoms with Gasteiger partial charge in [0.1, 0.15) is 0 Å². The lowest BCUT2D eigenvalue weighted by Crippen LogP contribution is -2.15. The van der Waals surface area contributed by atoms with Crippen molar-refractivity contribution in [1.29, 1.82) is 0 Å². The number of carbonyl (C=O) groups excluding carboxylic acids is 2. The minimum atomic E-state index is -1.11. The van der Waals surface area contributed by atoms with Crippen LogP contribution >= 0.6 is 0 Å². The summed E-state index contributed by atoms with van der Waals surface area (Å²) in [6.45, 7) is 0.713. The Morgan fingerprint density at radius 1 is 0.970 bits per heavy atom. The van der Waals surface area contributed by atoms with Gasteiger partial charge in [0.25, 0.3) is 0 Å². The molecule has 9 heteroatoms. The van der Waals surface area contributed by atoms with Crippen LogP contribution in [0.15, 0.2) is 66.9 Å². The molecule has 2 heterocycles. The van der Waals surface area contributed by atoms with Gasteiger partial charge in [-0.2, -0.15) is 0 Å². The summed E-state index contributed by atoms with van der Waals surface area (Å²) >= 11 is 0.863. The Hall–Kier alpha value is -3.67. The Balaban J connectivity index is 1.75. The number of carbonyl (C=O) groups is 2. The molecule has 0 bridgehead atoms. The van der Waals surface area contributed by atoms with Gasteiger partial charge >= 0.3 is 12.1 Å². The third kappa shape index (κ3) is 5.40. The second kappa shape index (κ2) is 10.3. The predicted molar refractivity (Wildman–Crippen MR) is 124 cm³/mol. The van der Waals surface area contributed by atoms with E-state index in [4.69, 9.17) is 19.4 Å². The smallest absolute Gasteiger partial charge is 0.440 e. The molecule has 0 radical (unpaired) electrons. The number of nitrogens with zero attached hydrogens (tertiary/aromatic N) is 3. The standard InChI is InChI=1S/C24H20N3O5.Al.2H/c1-16-23(30-15-31-24(29)32-17(2)28)27-14-21(19-11-7-4-8-12-19)26-20(22(27)25-16)13-18-9-5-3-6-10-18;;;/h3-12,14H,1,13,15H2,2H3;;;. The van der Waals surface area contributed by atoms with Gasteiger partial charge in [-0.3, -0.25) is 9.20 Å². The van der Waals surface area contributed by atoms with Gasteiger partial charge in [0, 0.05) is 25.1 Å². The lowest BCUT2D eigenvalue weighted by Gasteiger charge is -2.11. The molecule has 0 saturated heterocycles. The summed E-state index contributed by atoms with van der Waals surface area (Å²) in [6.07, 6.45) is 1.36. The molecule has 166 valence electrons. The van der Waals surface area contributed by atoms with Crippen LogP contribution in [0.1, 0.15) is 23.9 Å². The largest absolute Gasteiger partial charge is 0.519 e. The highest BCUT2D eigenvalue weighted by Crippen LogP contribution is 2.27. The molecule has 0 N–H and O–H groups in total. The number of rotatable bonds is 7. The van der Waals surface area contributed by atoms with Gasteiger partial charge in [-0.05, 0) is 5.56 Å². The number of hydrogen-bond acceptors (Lipinski definition) is 7. The van der Waals surface area contributed by atoms with Crippen LogP contribution in [0.4, 0.5) is 4.79 Å². The second-order valence-electron chi connectivity index (χ2n) is 7.26. The van der Waals surface area contributed by atoms with Crippen molar-refractivity contribution in [2.75, 3.05) is 6.79 Å². The van der Waals surface area contributed by atoms with Crippen molar-refractivity contribution >= 4 is 34.1 Å². The fourth-order valence-electron chi connectivity index (χ4n) is 3.45. The molecule has 4 rings (SSSR count). The lowest BCUT2D eigenvalue weighted by atomic mass is 10.1. The molecule has 2 aromatic carbocycles. The molecular formula is C24H22AlN3O5. The molecule has 0 atom stereocenters. The van der Waals surface area contributed by atoms with E-state index >= 15 is 0 Å². The summed E-state index contributed by atoms with van der Waals surface area (Å²) in [7, 11) is 0. The van der Waals surface area contributed by atoms with Gasteiger partial charge < -0.3 is 14.2 Å². The first-order valence-electron chi connectivity index (χ1n) is 10.5. The Kier molecular flexibility index (Phi) is 7.03. The zero-order valence-electron chi connectivity index (χ0n) is 18.4. The highest BCUT2D eigenvalue weighted by Gasteiger charge is 2.19. The average Bonchev–Trinajstić information content (AvgIpc) is 3.18. The van der Waals surface area contributed by atoms with E-state index in [1.165, 1.54) is 0 Å². The summed E-state index contributed by atoms with van der Waals surface area (Å²) in [4.78, 5) is 32.1. The minimum absolute atomic E-state index is 0.411. The first-order valence-corrected chi connectivity index (χ1v) is 11.9. The quantitative estimate of drug-likeness (QED) is 0.181. The van der Waals surface area contributed by atoms with Crippen molar-refractivity contribution in [3.05, 3.63) is 83.8 Å². The summed E-state index contributed by atoms with van der Waals surface area (Å²) in [5.74, 6) is -0.274. The van der Waals surface area contributed by atoms with Crippen molar-refractivity contribution in [2.45, 2.75) is 18.6 Å². The highest BCUT2D eigenvalue weighted by molar-refractivity contribution is 6.08. The van der Waals surface area contributed by atoms with Crippen molar-refractivity contribution in [1.82, 2.24) is 14.4 Å². The number of benzene rings is 2. The topological polar surface area (TPSA) is 92.0 Å². The van der Waals surface area contributed by atoms with E-state index in [0.29, 0.717) is 17.9 Å². The summed E-state index contributed by atoms with van der Waals surface area (Å²) < 4.78 is 16.9. The Morgan fingerprint density at radius 2 is 1.67 bits per heavy atom. The third-order valence-electron chi connectivity index (χ3n) is 4.92. The van der Waals surface area contributed by atoms with Gasteiger partial charge in [-0.15, -0.1) is 0 Å². The van der Waals surface area contributed by atoms with E-state index < -0.39 is 18.9 Å². The number of imidazole rings is 1. The maximum atomic E-state index is 11.5. The zero-order valence-corrected chi connectivity index (χ0v) is 20.4. The third-order valence-corrected chi connectivity index (χ3v) is 5.59. The molecular weight excluding hydrogens is 437 g/mol. The van der Waals surface area contributed by atoms with E-state index in [0.717, 1.165) is 56.7 Å². The number of fused-ring (bicyclic) bond motifs is 1. The van der Waals surface area contributed by atoms with Crippen molar-refractivity contribution in [2.24, 2.45) is 0 Å². The Labute approximate surface area is 198 Å². The van der Waals surface area contributed by atoms with Crippen LogP contribution in [-0.4, -0.2) is 49.6 Å². The van der Waals surface area contributed by atoms with Crippen LogP contribution in [0.2, 0.25) is 0 Å². The van der Waals surface area contributed by atoms with Gasteiger partial charge in [-0.25, -0.2) is 14.8 Å². The summed E-state index contributed by atoms with van der Waals surface area (Å²) in [5.41, 5.74) is 5.10. The molecule has 2 aromatic heterocycles. The average molecular weight is 459 g/mol. The molecule has 0 saturated carbocycles. The van der Waals surface area contributed by atoms with Crippen LogP contribution in [0.25, 0.3) is 16.9 Å². The molecule has 0 fully saturated rings. The van der Waals surface area contributed by atoms with Crippen molar-refractivity contribution < 1.29 is 23.8 Å². The molecule has 33 heavy (non-hydrogen) atoms. The fourth-order valence-corrected chi connectivity index (χ4v) is 3.91. The maximum absolute atomic E-state index is 11.5. The van der Waals surface area contributed by atoms with Crippen LogP contribution in [0.3, 0.4) is 0 Å². The molecule has 0 aliphatic heterocycles. The van der Waals surface area contributed by atoms with Crippen LogP contribution in [-0.2, 0) is 26.0 Å². The maximum Gasteiger partial charge on any atom is 0.519 e. The van der Waals surface area contributed by atoms with E-state index in [2.05, 4.69) is 16.9 Å². The second-order valence-corrected chi connectivity index (χ2v) is 7.97. The van der Waals surface area contributed by atoms with Gasteiger partial charge in [0.15, 0.2) is 5.65 Å². The Bertz CT molecular complexity index is 1280. The monoisotopic (exact) mass is 459 g/mol. The minimum Gasteiger partial charge on any atom is -0.440 e. The van der Waals surface area contributed by atoms with Gasteiger partial charge in [0.05, 0.1) is 17.1 Å². The first-order chi connectivity index (χ1) is 16.0. The van der Waals surface area contributed by atoms with Gasteiger partial charge in [-0.1, -0.05) is 65.9 Å². The number of esters is 1. The first kappa shape index (κ1) is 22.5. The molecule has 8 nitrogen and oxygen atoms in total. The van der Waals surface area contributed by atoms with Crippen molar-refractivity contribution in [3.8, 4) is 17.1 Å². The normalized spacial score (nSPS) is 10.7. The zero-order chi connectivity index (χ0) is 23.2. The molecule has 0 spiro atoms. The van der Waals surface area contributed by atoms with Gasteiger partial charge in [0.2, 0.25) is 29.0 Å². The Morgan fingerprint density at radius 3 is 2.33 bits per heavy atom. The molecule has 0 aliphatic carbocycles. The fraction of sp³-hybridized carbons (Fsp3) is 0.167. The lowest BCUT2D eigenvalue weighted by molar-refractivity contribution is -0.138. The van der Waals surface area contributed by atoms with Crippen LogP contribution < -0.4 is 4.74 Å². The molecule has 0 amide bonds. The SMILES string of the molecule is CC(=O)OC(=O)OCOc1c([CH2][AlH2])nc2c(Cc3ccccc3)nc(-c3ccccc3)cn12. The molecule has 4 aromatic rings. The summed E-state index contributed by atoms with van der Waals surface area (Å²) in [5, 5.41) is 0.736. The molecule has 0 aliphatic rings. The predicted octanol–water partition coefficient (Wildman–Crippen LogP) is 3.16. The number of aromatic nitrogens is 3. The van der Waals surface area contributed by atoms with E-state index in [9.17, 15) is 9.59 Å². The van der Waals surface area contributed by atoms with Crippen molar-refractivity contribution in [3.63, 3.8) is 0 Å². The number of ether oxygens (including phenoxy) is 3. The van der Waals surface area contributed by atoms with E-state index in [1.807, 2.05) is 59.1 Å².